The lowest BCUT2D eigenvalue weighted by Crippen LogP contribution is -2.10. The Morgan fingerprint density at radius 1 is 1.42 bits per heavy atom. The maximum atomic E-state index is 4.30. The number of rotatable bonds is 3. The fourth-order valence-electron chi connectivity index (χ4n) is 0.938. The lowest BCUT2D eigenvalue weighted by molar-refractivity contribution is 1.04. The predicted molar refractivity (Wildman–Crippen MR) is 56.1 cm³/mol. The molecule has 0 aliphatic carbocycles. The van der Waals surface area contributed by atoms with Crippen LogP contribution in [0.3, 0.4) is 0 Å². The molecule has 0 bridgehead atoms. The third kappa shape index (κ3) is 2.48. The Hall–Kier alpha value is -0.570. The lowest BCUT2D eigenvalue weighted by atomic mass is 10.2. The summed E-state index contributed by atoms with van der Waals surface area (Å²) in [6.45, 7) is 0. The molecule has 2 nitrogen and oxygen atoms in total. The third-order valence-corrected chi connectivity index (χ3v) is 2.05. The Bertz CT molecular complexity index is 231. The number of pyridine rings is 1. The number of alkyl halides is 1. The summed E-state index contributed by atoms with van der Waals surface area (Å²) in [5.74, 6) is 1.01. The fraction of sp³-hybridized carbons (Fsp3) is 0.444. The first-order valence-electron chi connectivity index (χ1n) is 3.92. The molecule has 0 radical (unpaired) electrons. The normalized spacial score (nSPS) is 9.92. The molecule has 1 aromatic heterocycles. The van der Waals surface area contributed by atoms with Crippen LogP contribution in [0.1, 0.15) is 5.56 Å². The monoisotopic (exact) mass is 228 g/mol. The molecule has 66 valence electrons. The zero-order valence-electron chi connectivity index (χ0n) is 7.42. The first kappa shape index (κ1) is 9.52. The fourth-order valence-corrected chi connectivity index (χ4v) is 1.40. The summed E-state index contributed by atoms with van der Waals surface area (Å²) in [5, 5.41) is 0.996. The molecule has 0 aliphatic heterocycles. The van der Waals surface area contributed by atoms with Gasteiger partial charge >= 0.3 is 0 Å². The smallest absolute Gasteiger partial charge is 0.127 e. The standard InChI is InChI=1S/C9H13BrN2/c1-12(2)9-4-3-8(5-6-10)7-11-9/h3-4,7H,5-6H2,1-2H3. The van der Waals surface area contributed by atoms with Crippen LogP contribution in [0.4, 0.5) is 5.82 Å². The van der Waals surface area contributed by atoms with Crippen molar-refractivity contribution >= 4 is 21.7 Å². The molecule has 0 spiro atoms. The highest BCUT2D eigenvalue weighted by molar-refractivity contribution is 9.09. The number of halogens is 1. The van der Waals surface area contributed by atoms with Crippen molar-refractivity contribution in [3.63, 3.8) is 0 Å². The van der Waals surface area contributed by atoms with Crippen LogP contribution in [-0.4, -0.2) is 24.4 Å². The predicted octanol–water partition coefficient (Wildman–Crippen LogP) is 2.08. The van der Waals surface area contributed by atoms with E-state index >= 15 is 0 Å². The van der Waals surface area contributed by atoms with Crippen LogP contribution in [0.15, 0.2) is 18.3 Å². The Morgan fingerprint density at radius 3 is 2.58 bits per heavy atom. The number of aromatic nitrogens is 1. The van der Waals surface area contributed by atoms with Crippen LogP contribution in [0, 0.1) is 0 Å². The average molecular weight is 229 g/mol. The van der Waals surface area contributed by atoms with E-state index in [1.165, 1.54) is 5.56 Å². The Kier molecular flexibility index (Phi) is 3.53. The summed E-state index contributed by atoms with van der Waals surface area (Å²) in [7, 11) is 3.99. The van der Waals surface area contributed by atoms with E-state index in [4.69, 9.17) is 0 Å². The molecule has 3 heteroatoms. The van der Waals surface area contributed by atoms with Crippen LogP contribution in [-0.2, 0) is 6.42 Å². The molecule has 0 atom stereocenters. The largest absolute Gasteiger partial charge is 0.363 e. The van der Waals surface area contributed by atoms with Crippen molar-refractivity contribution in [1.82, 2.24) is 4.98 Å². The quantitative estimate of drug-likeness (QED) is 0.737. The molecule has 1 aromatic rings. The lowest BCUT2D eigenvalue weighted by Gasteiger charge is -2.10. The second-order valence-corrected chi connectivity index (χ2v) is 3.65. The van der Waals surface area contributed by atoms with Gasteiger partial charge in [-0.05, 0) is 18.1 Å². The van der Waals surface area contributed by atoms with Gasteiger partial charge in [0.1, 0.15) is 5.82 Å². The Morgan fingerprint density at radius 2 is 2.17 bits per heavy atom. The molecule has 0 aliphatic rings. The third-order valence-electron chi connectivity index (χ3n) is 1.65. The van der Waals surface area contributed by atoms with Gasteiger partial charge in [-0.3, -0.25) is 0 Å². The second-order valence-electron chi connectivity index (χ2n) is 2.86. The molecular weight excluding hydrogens is 216 g/mol. The van der Waals surface area contributed by atoms with Crippen LogP contribution in [0.5, 0.6) is 0 Å². The molecule has 12 heavy (non-hydrogen) atoms. The molecule has 1 heterocycles. The van der Waals surface area contributed by atoms with Crippen molar-refractivity contribution in [2.45, 2.75) is 6.42 Å². The highest BCUT2D eigenvalue weighted by Crippen LogP contribution is 2.08. The van der Waals surface area contributed by atoms with E-state index in [2.05, 4.69) is 27.0 Å². The van der Waals surface area contributed by atoms with Gasteiger partial charge in [0.25, 0.3) is 0 Å². The van der Waals surface area contributed by atoms with E-state index < -0.39 is 0 Å². The number of nitrogens with zero attached hydrogens (tertiary/aromatic N) is 2. The van der Waals surface area contributed by atoms with E-state index in [1.807, 2.05) is 31.3 Å². The average Bonchev–Trinajstić information content (AvgIpc) is 2.06. The van der Waals surface area contributed by atoms with E-state index in [1.54, 1.807) is 0 Å². The first-order valence-corrected chi connectivity index (χ1v) is 5.04. The summed E-state index contributed by atoms with van der Waals surface area (Å²) in [4.78, 5) is 6.30. The van der Waals surface area contributed by atoms with Crippen molar-refractivity contribution in [2.75, 3.05) is 24.3 Å². The van der Waals surface area contributed by atoms with Crippen LogP contribution in [0.2, 0.25) is 0 Å². The molecule has 0 saturated heterocycles. The first-order chi connectivity index (χ1) is 5.74. The van der Waals surface area contributed by atoms with Gasteiger partial charge in [0.2, 0.25) is 0 Å². The SMILES string of the molecule is CN(C)c1ccc(CCBr)cn1. The number of hydrogen-bond donors (Lipinski definition) is 0. The number of aryl methyl sites for hydroxylation is 1. The second kappa shape index (κ2) is 4.45. The van der Waals surface area contributed by atoms with E-state index in [9.17, 15) is 0 Å². The zero-order valence-corrected chi connectivity index (χ0v) is 9.00. The van der Waals surface area contributed by atoms with E-state index in [0.29, 0.717) is 0 Å². The van der Waals surface area contributed by atoms with Crippen molar-refractivity contribution in [2.24, 2.45) is 0 Å². The molecule has 0 N–H and O–H groups in total. The highest BCUT2D eigenvalue weighted by Gasteiger charge is 1.96. The minimum Gasteiger partial charge on any atom is -0.363 e. The summed E-state index contributed by atoms with van der Waals surface area (Å²) < 4.78 is 0. The van der Waals surface area contributed by atoms with Gasteiger partial charge in [-0.15, -0.1) is 0 Å². The topological polar surface area (TPSA) is 16.1 Å². The van der Waals surface area contributed by atoms with Gasteiger partial charge in [0.05, 0.1) is 0 Å². The zero-order chi connectivity index (χ0) is 8.97. The van der Waals surface area contributed by atoms with Gasteiger partial charge in [0.15, 0.2) is 0 Å². The van der Waals surface area contributed by atoms with Gasteiger partial charge in [-0.1, -0.05) is 22.0 Å². The molecule has 0 unspecified atom stereocenters. The summed E-state index contributed by atoms with van der Waals surface area (Å²) in [6.07, 6.45) is 2.97. The molecule has 0 aromatic carbocycles. The van der Waals surface area contributed by atoms with Gasteiger partial charge in [-0.2, -0.15) is 0 Å². The van der Waals surface area contributed by atoms with Crippen molar-refractivity contribution < 1.29 is 0 Å². The minimum absolute atomic E-state index is 0.996. The number of anilines is 1. The molecule has 0 fully saturated rings. The molecule has 0 saturated carbocycles. The maximum absolute atomic E-state index is 4.30. The Balaban J connectivity index is 2.71. The highest BCUT2D eigenvalue weighted by atomic mass is 79.9. The summed E-state index contributed by atoms with van der Waals surface area (Å²) >= 11 is 3.40. The van der Waals surface area contributed by atoms with Crippen LogP contribution >= 0.6 is 15.9 Å². The van der Waals surface area contributed by atoms with Crippen molar-refractivity contribution in [1.29, 1.82) is 0 Å². The number of hydrogen-bond acceptors (Lipinski definition) is 2. The van der Waals surface area contributed by atoms with Crippen molar-refractivity contribution in [3.8, 4) is 0 Å². The van der Waals surface area contributed by atoms with Crippen LogP contribution < -0.4 is 4.90 Å². The van der Waals surface area contributed by atoms with Crippen LogP contribution in [0.25, 0.3) is 0 Å². The maximum Gasteiger partial charge on any atom is 0.127 e. The van der Waals surface area contributed by atoms with E-state index in [0.717, 1.165) is 17.6 Å². The Labute approximate surface area is 81.7 Å². The molecular formula is C9H13BrN2. The van der Waals surface area contributed by atoms with Gasteiger partial charge in [-0.25, -0.2) is 4.98 Å². The molecule has 0 amide bonds. The van der Waals surface area contributed by atoms with Crippen molar-refractivity contribution in [3.05, 3.63) is 23.9 Å². The van der Waals surface area contributed by atoms with E-state index in [-0.39, 0.29) is 0 Å². The minimum atomic E-state index is 0.996. The van der Waals surface area contributed by atoms with Gasteiger partial charge < -0.3 is 4.90 Å². The summed E-state index contributed by atoms with van der Waals surface area (Å²) in [5.41, 5.74) is 1.28. The summed E-state index contributed by atoms with van der Waals surface area (Å²) in [6, 6.07) is 4.15. The molecule has 1 rings (SSSR count). The van der Waals surface area contributed by atoms with Gasteiger partial charge in [0, 0.05) is 25.6 Å².